The maximum Gasteiger partial charge on any atom is 0.113 e. The smallest absolute Gasteiger partial charge is 0.113 e. The van der Waals surface area contributed by atoms with Gasteiger partial charge in [-0.3, -0.25) is 0 Å². The highest BCUT2D eigenvalue weighted by atomic mass is 14.7. The average Bonchev–Trinajstić information content (AvgIpc) is 2.56. The quantitative estimate of drug-likeness (QED) is 0.503. The molecule has 0 aliphatic rings. The molecule has 3 heteroatoms. The Hall–Kier alpha value is -1.63. The molecule has 1 heterocycles. The summed E-state index contributed by atoms with van der Waals surface area (Å²) in [5.41, 5.74) is 3.71. The zero-order chi connectivity index (χ0) is 10.4. The van der Waals surface area contributed by atoms with Gasteiger partial charge in [-0.25, -0.2) is 0 Å². The molecule has 0 saturated heterocycles. The van der Waals surface area contributed by atoms with Gasteiger partial charge in [0.05, 0.1) is 0 Å². The zero-order valence-electron chi connectivity index (χ0n) is 8.12. The first-order chi connectivity index (χ1) is 7.24. The number of aromatic amines is 1. The molecule has 3 rings (SSSR count). The van der Waals surface area contributed by atoms with E-state index in [1.807, 2.05) is 36.4 Å². The molecule has 2 aromatic carbocycles. The highest BCUT2D eigenvalue weighted by Gasteiger charge is 2.03. The van der Waals surface area contributed by atoms with Gasteiger partial charge in [0.2, 0.25) is 0 Å². The van der Waals surface area contributed by atoms with Crippen molar-refractivity contribution in [2.45, 2.75) is 0 Å². The molecule has 66 valence electrons. The van der Waals surface area contributed by atoms with Crippen LogP contribution >= 0.6 is 0 Å². The standard InChI is InChI=1S/C12H7B2N/c13-7-1-3-11-9(5-7)10-6-8(14)2-4-12(10)15-11/h1-6,15H. The number of hydrogen-bond acceptors (Lipinski definition) is 0. The summed E-state index contributed by atoms with van der Waals surface area (Å²) < 4.78 is 0. The van der Waals surface area contributed by atoms with Crippen LogP contribution in [0.3, 0.4) is 0 Å². The van der Waals surface area contributed by atoms with Crippen molar-refractivity contribution in [3.8, 4) is 0 Å². The molecule has 15 heavy (non-hydrogen) atoms. The van der Waals surface area contributed by atoms with E-state index in [1.54, 1.807) is 0 Å². The van der Waals surface area contributed by atoms with Crippen molar-refractivity contribution >= 4 is 48.4 Å². The third-order valence-corrected chi connectivity index (χ3v) is 2.65. The lowest BCUT2D eigenvalue weighted by atomic mass is 9.92. The predicted octanol–water partition coefficient (Wildman–Crippen LogP) is 0.909. The van der Waals surface area contributed by atoms with E-state index in [4.69, 9.17) is 15.7 Å². The molecule has 0 atom stereocenters. The molecular formula is C12H7B2N. The second-order valence-electron chi connectivity index (χ2n) is 3.74. The first kappa shape index (κ1) is 8.66. The van der Waals surface area contributed by atoms with Crippen LogP contribution < -0.4 is 10.9 Å². The fourth-order valence-corrected chi connectivity index (χ4v) is 1.93. The van der Waals surface area contributed by atoms with E-state index in [0.717, 1.165) is 32.7 Å². The van der Waals surface area contributed by atoms with Crippen molar-refractivity contribution in [3.05, 3.63) is 36.4 Å². The number of rotatable bonds is 0. The van der Waals surface area contributed by atoms with E-state index in [1.165, 1.54) is 0 Å². The van der Waals surface area contributed by atoms with E-state index in [-0.39, 0.29) is 0 Å². The van der Waals surface area contributed by atoms with Crippen LogP contribution in [0, 0.1) is 0 Å². The predicted molar refractivity (Wildman–Crippen MR) is 66.6 cm³/mol. The molecule has 0 aliphatic carbocycles. The molecule has 0 unspecified atom stereocenters. The lowest BCUT2D eigenvalue weighted by Gasteiger charge is -1.95. The van der Waals surface area contributed by atoms with Crippen LogP contribution in [0.15, 0.2) is 36.4 Å². The maximum atomic E-state index is 5.77. The summed E-state index contributed by atoms with van der Waals surface area (Å²) in [6, 6.07) is 11.7. The van der Waals surface area contributed by atoms with Gasteiger partial charge < -0.3 is 4.98 Å². The molecule has 0 saturated carbocycles. The van der Waals surface area contributed by atoms with Crippen LogP contribution in [0.2, 0.25) is 0 Å². The molecule has 0 fully saturated rings. The van der Waals surface area contributed by atoms with Crippen LogP contribution in [0.25, 0.3) is 21.8 Å². The fourth-order valence-electron chi connectivity index (χ4n) is 1.93. The average molecular weight is 187 g/mol. The van der Waals surface area contributed by atoms with E-state index in [9.17, 15) is 0 Å². The van der Waals surface area contributed by atoms with E-state index >= 15 is 0 Å². The number of fused-ring (bicyclic) bond motifs is 3. The van der Waals surface area contributed by atoms with Gasteiger partial charge in [0.15, 0.2) is 0 Å². The first-order valence-corrected chi connectivity index (χ1v) is 4.80. The van der Waals surface area contributed by atoms with Crippen molar-refractivity contribution in [3.63, 3.8) is 0 Å². The fraction of sp³-hybridized carbons (Fsp3) is 0. The Morgan fingerprint density at radius 1 is 0.733 bits per heavy atom. The van der Waals surface area contributed by atoms with E-state index in [0.29, 0.717) is 0 Å². The van der Waals surface area contributed by atoms with Gasteiger partial charge in [0.1, 0.15) is 15.7 Å². The second kappa shape index (κ2) is 2.93. The number of hydrogen-bond donors (Lipinski definition) is 1. The molecule has 4 radical (unpaired) electrons. The monoisotopic (exact) mass is 187 g/mol. The van der Waals surface area contributed by atoms with Crippen molar-refractivity contribution in [1.82, 2.24) is 4.98 Å². The van der Waals surface area contributed by atoms with Gasteiger partial charge in [-0.1, -0.05) is 35.2 Å². The minimum atomic E-state index is 0.769. The summed E-state index contributed by atoms with van der Waals surface area (Å²) in [6.45, 7) is 0. The number of aromatic nitrogens is 1. The summed E-state index contributed by atoms with van der Waals surface area (Å²) in [5, 5.41) is 2.24. The summed E-state index contributed by atoms with van der Waals surface area (Å²) in [4.78, 5) is 3.32. The molecule has 1 N–H and O–H groups in total. The van der Waals surface area contributed by atoms with Crippen molar-refractivity contribution < 1.29 is 0 Å². The molecule has 0 spiro atoms. The second-order valence-corrected chi connectivity index (χ2v) is 3.74. The summed E-state index contributed by atoms with van der Waals surface area (Å²) in [6.07, 6.45) is 0. The van der Waals surface area contributed by atoms with E-state index in [2.05, 4.69) is 4.98 Å². The van der Waals surface area contributed by atoms with Gasteiger partial charge in [-0.15, -0.1) is 0 Å². The minimum Gasteiger partial charge on any atom is -0.355 e. The largest absolute Gasteiger partial charge is 0.355 e. The van der Waals surface area contributed by atoms with Crippen LogP contribution in [-0.2, 0) is 0 Å². The molecule has 0 bridgehead atoms. The highest BCUT2D eigenvalue weighted by Crippen LogP contribution is 2.22. The normalized spacial score (nSPS) is 11.2. The number of benzene rings is 2. The van der Waals surface area contributed by atoms with Gasteiger partial charge in [-0.2, -0.15) is 0 Å². The molecular weight excluding hydrogens is 180 g/mol. The maximum absolute atomic E-state index is 5.77. The van der Waals surface area contributed by atoms with Gasteiger partial charge >= 0.3 is 0 Å². The Morgan fingerprint density at radius 3 is 1.67 bits per heavy atom. The third-order valence-electron chi connectivity index (χ3n) is 2.65. The van der Waals surface area contributed by atoms with Crippen molar-refractivity contribution in [2.24, 2.45) is 0 Å². The molecule has 1 aromatic heterocycles. The Balaban J connectivity index is 2.55. The van der Waals surface area contributed by atoms with Gasteiger partial charge in [0, 0.05) is 21.8 Å². The molecule has 0 amide bonds. The summed E-state index contributed by atoms with van der Waals surface area (Å²) in [5.74, 6) is 0. The Kier molecular flexibility index (Phi) is 1.69. The van der Waals surface area contributed by atoms with Crippen LogP contribution in [0.5, 0.6) is 0 Å². The van der Waals surface area contributed by atoms with Crippen LogP contribution in [0.1, 0.15) is 0 Å². The van der Waals surface area contributed by atoms with Crippen molar-refractivity contribution in [1.29, 1.82) is 0 Å². The minimum absolute atomic E-state index is 0.769. The molecule has 1 nitrogen and oxygen atoms in total. The molecule has 0 aliphatic heterocycles. The van der Waals surface area contributed by atoms with Gasteiger partial charge in [0.25, 0.3) is 0 Å². The lowest BCUT2D eigenvalue weighted by molar-refractivity contribution is 1.55. The SMILES string of the molecule is [B]c1ccc2[nH]c3ccc([B])cc3c2c1. The van der Waals surface area contributed by atoms with Crippen LogP contribution in [0.4, 0.5) is 0 Å². The van der Waals surface area contributed by atoms with Crippen molar-refractivity contribution in [2.75, 3.05) is 0 Å². The molecule has 3 aromatic rings. The first-order valence-electron chi connectivity index (χ1n) is 4.80. The zero-order valence-corrected chi connectivity index (χ0v) is 8.12. The highest BCUT2D eigenvalue weighted by molar-refractivity contribution is 6.35. The Labute approximate surface area is 90.3 Å². The van der Waals surface area contributed by atoms with Gasteiger partial charge in [-0.05, 0) is 12.1 Å². The Morgan fingerprint density at radius 2 is 1.20 bits per heavy atom. The number of H-pyrrole nitrogens is 1. The summed E-state index contributed by atoms with van der Waals surface area (Å²) in [7, 11) is 11.5. The summed E-state index contributed by atoms with van der Waals surface area (Å²) >= 11 is 0. The lowest BCUT2D eigenvalue weighted by Crippen LogP contribution is -2.00. The van der Waals surface area contributed by atoms with Crippen LogP contribution in [-0.4, -0.2) is 20.7 Å². The topological polar surface area (TPSA) is 15.8 Å². The third kappa shape index (κ3) is 1.27. The number of nitrogens with one attached hydrogen (secondary N) is 1. The Bertz CT molecular complexity index is 599. The van der Waals surface area contributed by atoms with E-state index < -0.39 is 0 Å².